The largest absolute Gasteiger partial charge is 0.383 e. The first-order valence-electron chi connectivity index (χ1n) is 7.71. The van der Waals surface area contributed by atoms with E-state index in [1.54, 1.807) is 17.9 Å². The molecule has 2 aromatic heterocycles. The molecule has 0 aliphatic carbocycles. The highest BCUT2D eigenvalue weighted by Crippen LogP contribution is 2.24. The molecule has 2 heterocycles. The Balaban J connectivity index is 2.05. The van der Waals surface area contributed by atoms with E-state index in [9.17, 15) is 4.79 Å². The minimum Gasteiger partial charge on any atom is -0.383 e. The molecule has 0 saturated carbocycles. The van der Waals surface area contributed by atoms with E-state index in [1.165, 1.54) is 11.8 Å². The number of thioether (sulfide) groups is 1. The second-order valence-corrected chi connectivity index (χ2v) is 6.57. The first-order chi connectivity index (χ1) is 11.6. The van der Waals surface area contributed by atoms with Crippen LogP contribution in [0.2, 0.25) is 0 Å². The Hall–Kier alpha value is -2.12. The fourth-order valence-electron chi connectivity index (χ4n) is 2.61. The van der Waals surface area contributed by atoms with E-state index in [-0.39, 0.29) is 11.6 Å². The number of hydrogen-bond donors (Lipinski definition) is 0. The van der Waals surface area contributed by atoms with Crippen molar-refractivity contribution < 1.29 is 4.74 Å². The predicted molar refractivity (Wildman–Crippen MR) is 95.4 cm³/mol. The average Bonchev–Trinajstić information content (AvgIpc) is 2.98. The third-order valence-corrected chi connectivity index (χ3v) is 4.88. The Bertz CT molecular complexity index is 903. The number of nitrogens with zero attached hydrogens (tertiary/aromatic N) is 4. The van der Waals surface area contributed by atoms with Gasteiger partial charge in [-0.3, -0.25) is 14.0 Å². The highest BCUT2D eigenvalue weighted by molar-refractivity contribution is 7.98. The zero-order valence-electron chi connectivity index (χ0n) is 14.0. The third kappa shape index (κ3) is 3.22. The Morgan fingerprint density at radius 3 is 2.79 bits per heavy atom. The van der Waals surface area contributed by atoms with Gasteiger partial charge >= 0.3 is 0 Å². The summed E-state index contributed by atoms with van der Waals surface area (Å²) < 4.78 is 8.80. The molecule has 0 spiro atoms. The minimum absolute atomic E-state index is 0.0299. The van der Waals surface area contributed by atoms with Gasteiger partial charge in [0.2, 0.25) is 0 Å². The number of fused-ring (bicyclic) bond motifs is 1. The number of ether oxygens (including phenoxy) is 1. The normalized spacial score (nSPS) is 12.6. The maximum atomic E-state index is 12.9. The first kappa shape index (κ1) is 16.7. The van der Waals surface area contributed by atoms with Crippen molar-refractivity contribution in [2.24, 2.45) is 7.05 Å². The van der Waals surface area contributed by atoms with E-state index in [0.29, 0.717) is 22.9 Å². The Kier molecular flexibility index (Phi) is 5.01. The van der Waals surface area contributed by atoms with Crippen LogP contribution in [0, 0.1) is 0 Å². The maximum absolute atomic E-state index is 12.9. The molecule has 0 amide bonds. The maximum Gasteiger partial charge on any atom is 0.262 e. The summed E-state index contributed by atoms with van der Waals surface area (Å²) >= 11 is 1.54. The van der Waals surface area contributed by atoms with Crippen LogP contribution in [0.4, 0.5) is 0 Å². The third-order valence-electron chi connectivity index (χ3n) is 3.90. The summed E-state index contributed by atoms with van der Waals surface area (Å²) in [6.07, 6.45) is 1.77. The fourth-order valence-corrected chi connectivity index (χ4v) is 3.74. The van der Waals surface area contributed by atoms with Crippen molar-refractivity contribution in [1.82, 2.24) is 19.3 Å². The van der Waals surface area contributed by atoms with Crippen LogP contribution in [0.1, 0.15) is 18.7 Å². The van der Waals surface area contributed by atoms with Gasteiger partial charge < -0.3 is 4.74 Å². The van der Waals surface area contributed by atoms with Crippen molar-refractivity contribution >= 4 is 22.7 Å². The van der Waals surface area contributed by atoms with Crippen LogP contribution < -0.4 is 5.56 Å². The average molecular weight is 344 g/mol. The lowest BCUT2D eigenvalue weighted by Gasteiger charge is -2.18. The van der Waals surface area contributed by atoms with Crippen molar-refractivity contribution in [2.75, 3.05) is 13.7 Å². The molecule has 24 heavy (non-hydrogen) atoms. The number of methoxy groups -OCH3 is 1. The summed E-state index contributed by atoms with van der Waals surface area (Å²) in [5.74, 6) is 0.695. The van der Waals surface area contributed by atoms with E-state index in [4.69, 9.17) is 9.72 Å². The second-order valence-electron chi connectivity index (χ2n) is 5.63. The van der Waals surface area contributed by atoms with E-state index < -0.39 is 0 Å². The molecule has 0 N–H and O–H groups in total. The van der Waals surface area contributed by atoms with Crippen molar-refractivity contribution in [1.29, 1.82) is 0 Å². The molecule has 3 aromatic rings. The van der Waals surface area contributed by atoms with Crippen molar-refractivity contribution in [2.45, 2.75) is 23.9 Å². The zero-order valence-corrected chi connectivity index (χ0v) is 14.8. The number of hydrogen-bond acceptors (Lipinski definition) is 5. The van der Waals surface area contributed by atoms with Gasteiger partial charge in [-0.05, 0) is 25.1 Å². The summed E-state index contributed by atoms with van der Waals surface area (Å²) in [4.78, 5) is 17.6. The molecular formula is C17H20N4O2S. The molecular weight excluding hydrogens is 324 g/mol. The second kappa shape index (κ2) is 7.19. The first-order valence-corrected chi connectivity index (χ1v) is 8.70. The van der Waals surface area contributed by atoms with E-state index in [1.807, 2.05) is 49.0 Å². The van der Waals surface area contributed by atoms with Crippen LogP contribution in [0.15, 0.2) is 46.5 Å². The van der Waals surface area contributed by atoms with Crippen LogP contribution in [0.25, 0.3) is 10.9 Å². The molecule has 0 aliphatic rings. The molecule has 0 unspecified atom stereocenters. The summed E-state index contributed by atoms with van der Waals surface area (Å²) in [7, 11) is 3.54. The summed E-state index contributed by atoms with van der Waals surface area (Å²) in [5.41, 5.74) is 1.77. The molecule has 6 nitrogen and oxygen atoms in total. The standard InChI is InChI=1S/C17H20N4O2S/c1-12(10-23-3)21-16(22)14-6-4-5-7-15(14)19-17(21)24-11-13-8-9-18-20(13)2/h4-9,12H,10-11H2,1-3H3/t12-/m0/s1. The van der Waals surface area contributed by atoms with E-state index in [2.05, 4.69) is 5.10 Å². The lowest BCUT2D eigenvalue weighted by atomic mass is 10.2. The van der Waals surface area contributed by atoms with Crippen molar-refractivity contribution in [3.63, 3.8) is 0 Å². The van der Waals surface area contributed by atoms with Crippen LogP contribution in [0.3, 0.4) is 0 Å². The lowest BCUT2D eigenvalue weighted by Crippen LogP contribution is -2.28. The zero-order chi connectivity index (χ0) is 17.1. The predicted octanol–water partition coefficient (Wildman–Crippen LogP) is 2.63. The molecule has 1 aromatic carbocycles. The van der Waals surface area contributed by atoms with Gasteiger partial charge in [-0.15, -0.1) is 0 Å². The molecule has 0 fully saturated rings. The van der Waals surface area contributed by atoms with Gasteiger partial charge in [0.1, 0.15) is 0 Å². The van der Waals surface area contributed by atoms with Crippen molar-refractivity contribution in [3.8, 4) is 0 Å². The van der Waals surface area contributed by atoms with Gasteiger partial charge in [-0.2, -0.15) is 5.10 Å². The van der Waals surface area contributed by atoms with Gasteiger partial charge in [-0.25, -0.2) is 4.98 Å². The van der Waals surface area contributed by atoms with Crippen molar-refractivity contribution in [3.05, 3.63) is 52.6 Å². The monoisotopic (exact) mass is 344 g/mol. The fraction of sp³-hybridized carbons (Fsp3) is 0.353. The Morgan fingerprint density at radius 2 is 2.08 bits per heavy atom. The molecule has 0 saturated heterocycles. The number of aromatic nitrogens is 4. The summed E-state index contributed by atoms with van der Waals surface area (Å²) in [6.45, 7) is 2.43. The SMILES string of the molecule is COC[C@H](C)n1c(SCc2ccnn2C)nc2ccccc2c1=O. The van der Waals surface area contributed by atoms with Gasteiger partial charge in [0.05, 0.1) is 23.6 Å². The lowest BCUT2D eigenvalue weighted by molar-refractivity contribution is 0.156. The molecule has 0 radical (unpaired) electrons. The van der Waals surface area contributed by atoms with Crippen LogP contribution in [0.5, 0.6) is 0 Å². The number of para-hydroxylation sites is 1. The van der Waals surface area contributed by atoms with E-state index in [0.717, 1.165) is 11.2 Å². The van der Waals surface area contributed by atoms with Crippen LogP contribution in [-0.2, 0) is 17.5 Å². The molecule has 126 valence electrons. The number of rotatable bonds is 6. The van der Waals surface area contributed by atoms with Crippen LogP contribution in [-0.4, -0.2) is 33.0 Å². The van der Waals surface area contributed by atoms with Crippen LogP contribution >= 0.6 is 11.8 Å². The van der Waals surface area contributed by atoms with Gasteiger partial charge in [0.25, 0.3) is 5.56 Å². The molecule has 3 rings (SSSR count). The highest BCUT2D eigenvalue weighted by atomic mass is 32.2. The number of aryl methyl sites for hydroxylation is 1. The Morgan fingerprint density at radius 1 is 1.29 bits per heavy atom. The molecule has 0 aliphatic heterocycles. The minimum atomic E-state index is -0.0892. The van der Waals surface area contributed by atoms with E-state index >= 15 is 0 Å². The molecule has 7 heteroatoms. The van der Waals surface area contributed by atoms with Gasteiger partial charge in [-0.1, -0.05) is 23.9 Å². The summed E-state index contributed by atoms with van der Waals surface area (Å²) in [6, 6.07) is 9.32. The smallest absolute Gasteiger partial charge is 0.262 e. The highest BCUT2D eigenvalue weighted by Gasteiger charge is 2.17. The molecule has 1 atom stereocenters. The Labute approximate surface area is 144 Å². The summed E-state index contributed by atoms with van der Waals surface area (Å²) in [5, 5.41) is 5.51. The number of benzene rings is 1. The van der Waals surface area contributed by atoms with Gasteiger partial charge in [0, 0.05) is 31.8 Å². The topological polar surface area (TPSA) is 61.9 Å². The quantitative estimate of drug-likeness (QED) is 0.508. The molecule has 0 bridgehead atoms. The van der Waals surface area contributed by atoms with Gasteiger partial charge in [0.15, 0.2) is 5.16 Å².